The zero-order chi connectivity index (χ0) is 18.9. The molecule has 0 radical (unpaired) electrons. The van der Waals surface area contributed by atoms with Crippen LogP contribution in [0, 0.1) is 0 Å². The van der Waals surface area contributed by atoms with Gasteiger partial charge in [-0.3, -0.25) is 0 Å². The van der Waals surface area contributed by atoms with E-state index >= 15 is 0 Å². The van der Waals surface area contributed by atoms with Gasteiger partial charge in [-0.2, -0.15) is 0 Å². The zero-order valence-corrected chi connectivity index (χ0v) is 16.2. The van der Waals surface area contributed by atoms with Gasteiger partial charge in [0.05, 0.1) is 11.4 Å². The molecule has 0 N–H and O–H groups in total. The summed E-state index contributed by atoms with van der Waals surface area (Å²) >= 11 is 0. The van der Waals surface area contributed by atoms with Gasteiger partial charge in [-0.05, 0) is 46.4 Å². The summed E-state index contributed by atoms with van der Waals surface area (Å²) in [6.07, 6.45) is 0. The first-order valence-corrected chi connectivity index (χ1v) is 9.47. The Labute approximate surface area is 161 Å². The van der Waals surface area contributed by atoms with Gasteiger partial charge in [-0.1, -0.05) is 93.6 Å². The van der Waals surface area contributed by atoms with Crippen molar-refractivity contribution >= 4 is 0 Å². The van der Waals surface area contributed by atoms with Crippen LogP contribution in [0.4, 0.5) is 0 Å². The van der Waals surface area contributed by atoms with E-state index < -0.39 is 0 Å². The Hall–Kier alpha value is -3.06. The van der Waals surface area contributed by atoms with E-state index in [0.717, 1.165) is 0 Å². The Balaban J connectivity index is 1.90. The first-order valence-electron chi connectivity index (χ1n) is 9.47. The molecule has 4 rings (SSSR count). The van der Waals surface area contributed by atoms with Crippen LogP contribution in [0.5, 0.6) is 0 Å². The van der Waals surface area contributed by atoms with Crippen molar-refractivity contribution in [1.82, 2.24) is 4.57 Å². The SMILES string of the molecule is CC(C)(C)c1ccc(-n2c(-c3ccccc3)ccc2-c2ccccc2)cc1. The van der Waals surface area contributed by atoms with Gasteiger partial charge in [0.1, 0.15) is 0 Å². The van der Waals surface area contributed by atoms with Crippen molar-refractivity contribution in [1.29, 1.82) is 0 Å². The fourth-order valence-corrected chi connectivity index (χ4v) is 3.49. The van der Waals surface area contributed by atoms with Gasteiger partial charge in [-0.25, -0.2) is 0 Å². The number of hydrogen-bond acceptors (Lipinski definition) is 0. The molecule has 0 bridgehead atoms. The summed E-state index contributed by atoms with van der Waals surface area (Å²) in [5.41, 5.74) is 7.54. The number of aromatic nitrogens is 1. The lowest BCUT2D eigenvalue weighted by molar-refractivity contribution is 0.590. The largest absolute Gasteiger partial charge is 0.309 e. The van der Waals surface area contributed by atoms with Crippen molar-refractivity contribution < 1.29 is 0 Å². The van der Waals surface area contributed by atoms with E-state index in [1.807, 2.05) is 0 Å². The number of benzene rings is 3. The maximum Gasteiger partial charge on any atom is 0.0535 e. The second-order valence-electron chi connectivity index (χ2n) is 7.97. The van der Waals surface area contributed by atoms with Gasteiger partial charge >= 0.3 is 0 Å². The van der Waals surface area contributed by atoms with Gasteiger partial charge in [0.2, 0.25) is 0 Å². The van der Waals surface area contributed by atoms with Gasteiger partial charge in [0.15, 0.2) is 0 Å². The number of nitrogens with zero attached hydrogens (tertiary/aromatic N) is 1. The maximum absolute atomic E-state index is 2.36. The van der Waals surface area contributed by atoms with Crippen LogP contribution in [0.1, 0.15) is 26.3 Å². The molecule has 0 aliphatic rings. The van der Waals surface area contributed by atoms with E-state index in [2.05, 4.69) is 122 Å². The molecule has 0 unspecified atom stereocenters. The molecule has 1 aromatic heterocycles. The molecule has 27 heavy (non-hydrogen) atoms. The molecule has 0 aliphatic heterocycles. The first kappa shape index (κ1) is 17.4. The first-order chi connectivity index (χ1) is 13.0. The molecule has 0 atom stereocenters. The highest BCUT2D eigenvalue weighted by molar-refractivity contribution is 5.73. The summed E-state index contributed by atoms with van der Waals surface area (Å²) in [6, 6.07) is 34.6. The molecular formula is C26H25N. The summed E-state index contributed by atoms with van der Waals surface area (Å²) in [7, 11) is 0. The minimum Gasteiger partial charge on any atom is -0.309 e. The maximum atomic E-state index is 2.36. The lowest BCUT2D eigenvalue weighted by atomic mass is 9.87. The molecule has 1 heterocycles. The summed E-state index contributed by atoms with van der Waals surface area (Å²) in [5, 5.41) is 0. The zero-order valence-electron chi connectivity index (χ0n) is 16.2. The van der Waals surface area contributed by atoms with E-state index in [1.54, 1.807) is 0 Å². The minimum atomic E-state index is 0.153. The Morgan fingerprint density at radius 2 is 0.963 bits per heavy atom. The highest BCUT2D eigenvalue weighted by Gasteiger charge is 2.16. The van der Waals surface area contributed by atoms with Crippen LogP contribution in [-0.2, 0) is 5.41 Å². The van der Waals surface area contributed by atoms with Crippen LogP contribution in [0.2, 0.25) is 0 Å². The summed E-state index contributed by atoms with van der Waals surface area (Å²) < 4.78 is 2.36. The molecule has 0 saturated heterocycles. The third kappa shape index (κ3) is 3.46. The normalized spacial score (nSPS) is 11.5. The molecule has 0 aliphatic carbocycles. The summed E-state index contributed by atoms with van der Waals surface area (Å²) in [6.45, 7) is 6.76. The predicted molar refractivity (Wildman–Crippen MR) is 115 cm³/mol. The van der Waals surface area contributed by atoms with Crippen LogP contribution in [0.25, 0.3) is 28.2 Å². The van der Waals surface area contributed by atoms with E-state index in [-0.39, 0.29) is 5.41 Å². The van der Waals surface area contributed by atoms with Crippen molar-refractivity contribution in [3.05, 3.63) is 103 Å². The smallest absolute Gasteiger partial charge is 0.0535 e. The number of hydrogen-bond donors (Lipinski definition) is 0. The van der Waals surface area contributed by atoms with Crippen LogP contribution in [0.15, 0.2) is 97.1 Å². The Morgan fingerprint density at radius 3 is 1.37 bits per heavy atom. The highest BCUT2D eigenvalue weighted by Crippen LogP contribution is 2.33. The number of rotatable bonds is 3. The van der Waals surface area contributed by atoms with Gasteiger partial charge in [0, 0.05) is 5.69 Å². The third-order valence-corrected chi connectivity index (χ3v) is 5.01. The fourth-order valence-electron chi connectivity index (χ4n) is 3.49. The van der Waals surface area contributed by atoms with Crippen LogP contribution < -0.4 is 0 Å². The van der Waals surface area contributed by atoms with E-state index in [9.17, 15) is 0 Å². The second kappa shape index (κ2) is 6.92. The van der Waals surface area contributed by atoms with Crippen molar-refractivity contribution in [3.8, 4) is 28.2 Å². The molecular weight excluding hydrogens is 326 g/mol. The monoisotopic (exact) mass is 351 g/mol. The molecule has 0 saturated carbocycles. The average molecular weight is 351 g/mol. The third-order valence-electron chi connectivity index (χ3n) is 5.01. The molecule has 0 fully saturated rings. The Morgan fingerprint density at radius 1 is 0.519 bits per heavy atom. The van der Waals surface area contributed by atoms with E-state index in [0.29, 0.717) is 0 Å². The van der Waals surface area contributed by atoms with Gasteiger partial charge in [-0.15, -0.1) is 0 Å². The molecule has 1 heteroatoms. The fraction of sp³-hybridized carbons (Fsp3) is 0.154. The van der Waals surface area contributed by atoms with Crippen LogP contribution in [-0.4, -0.2) is 4.57 Å². The molecule has 0 spiro atoms. The summed E-state index contributed by atoms with van der Waals surface area (Å²) in [4.78, 5) is 0. The van der Waals surface area contributed by atoms with Crippen molar-refractivity contribution in [2.45, 2.75) is 26.2 Å². The lowest BCUT2D eigenvalue weighted by Crippen LogP contribution is -2.11. The van der Waals surface area contributed by atoms with Gasteiger partial charge < -0.3 is 4.57 Å². The van der Waals surface area contributed by atoms with Crippen LogP contribution >= 0.6 is 0 Å². The molecule has 3 aromatic carbocycles. The van der Waals surface area contributed by atoms with Gasteiger partial charge in [0.25, 0.3) is 0 Å². The quantitative estimate of drug-likeness (QED) is 0.371. The average Bonchev–Trinajstić information content (AvgIpc) is 3.14. The standard InChI is InChI=1S/C26H25N/c1-26(2,3)22-14-16-23(17-15-22)27-24(20-10-6-4-7-11-20)18-19-25(27)21-12-8-5-9-13-21/h4-19H,1-3H3. The minimum absolute atomic E-state index is 0.153. The summed E-state index contributed by atoms with van der Waals surface area (Å²) in [5.74, 6) is 0. The predicted octanol–water partition coefficient (Wildman–Crippen LogP) is 7.11. The van der Waals surface area contributed by atoms with Crippen molar-refractivity contribution in [2.75, 3.05) is 0 Å². The van der Waals surface area contributed by atoms with E-state index in [4.69, 9.17) is 0 Å². The molecule has 4 aromatic rings. The van der Waals surface area contributed by atoms with E-state index in [1.165, 1.54) is 33.8 Å². The lowest BCUT2D eigenvalue weighted by Gasteiger charge is -2.20. The Bertz CT molecular complexity index is 960. The van der Waals surface area contributed by atoms with Crippen molar-refractivity contribution in [3.63, 3.8) is 0 Å². The molecule has 0 amide bonds. The molecule has 134 valence electrons. The molecule has 1 nitrogen and oxygen atoms in total. The topological polar surface area (TPSA) is 4.93 Å². The second-order valence-corrected chi connectivity index (χ2v) is 7.97. The van der Waals surface area contributed by atoms with Crippen LogP contribution in [0.3, 0.4) is 0 Å². The highest BCUT2D eigenvalue weighted by atomic mass is 15.0. The van der Waals surface area contributed by atoms with Crippen molar-refractivity contribution in [2.24, 2.45) is 0 Å². The Kier molecular flexibility index (Phi) is 4.45.